The van der Waals surface area contributed by atoms with Gasteiger partial charge in [-0.05, 0) is 0 Å². The van der Waals surface area contributed by atoms with Crippen LogP contribution in [0.3, 0.4) is 0 Å². The molecule has 1 aliphatic rings. The number of rotatable bonds is 2. The van der Waals surface area contributed by atoms with Crippen molar-refractivity contribution in [2.24, 2.45) is 0 Å². The largest absolute Gasteiger partial charge is 0.308 e. The van der Waals surface area contributed by atoms with Gasteiger partial charge in [0.1, 0.15) is 6.10 Å². The summed E-state index contributed by atoms with van der Waals surface area (Å²) in [7, 11) is -3.17. The van der Waals surface area contributed by atoms with Crippen LogP contribution in [-0.2, 0) is 14.7 Å². The molecule has 1 heterocycles. The number of nitrogens with zero attached hydrogens (tertiary/aromatic N) is 1. The lowest BCUT2D eigenvalue weighted by molar-refractivity contribution is -0.766. The van der Waals surface area contributed by atoms with Crippen molar-refractivity contribution in [1.82, 2.24) is 0 Å². The molecular formula is C4H6BrNO5S. The number of halogens is 1. The van der Waals surface area contributed by atoms with Crippen LogP contribution < -0.4 is 0 Å². The number of hydrogen-bond acceptors (Lipinski definition) is 5. The van der Waals surface area contributed by atoms with E-state index in [9.17, 15) is 18.5 Å². The van der Waals surface area contributed by atoms with Crippen molar-refractivity contribution in [2.45, 2.75) is 10.9 Å². The zero-order valence-corrected chi connectivity index (χ0v) is 8.25. The fraction of sp³-hybridized carbons (Fsp3) is 1.00. The number of alkyl halides is 1. The van der Waals surface area contributed by atoms with E-state index in [0.29, 0.717) is 0 Å². The molecule has 8 heteroatoms. The Bertz CT molecular complexity index is 288. The van der Waals surface area contributed by atoms with E-state index in [2.05, 4.69) is 20.8 Å². The van der Waals surface area contributed by atoms with Crippen LogP contribution in [0.15, 0.2) is 0 Å². The first-order valence-electron chi connectivity index (χ1n) is 3.06. The third-order valence-electron chi connectivity index (χ3n) is 1.46. The Labute approximate surface area is 77.0 Å². The predicted octanol–water partition coefficient (Wildman–Crippen LogP) is -0.245. The van der Waals surface area contributed by atoms with Crippen LogP contribution in [0, 0.1) is 10.1 Å². The van der Waals surface area contributed by atoms with Crippen molar-refractivity contribution < 1.29 is 18.3 Å². The van der Waals surface area contributed by atoms with Gasteiger partial charge in [0.15, 0.2) is 9.84 Å². The van der Waals surface area contributed by atoms with E-state index in [0.717, 1.165) is 0 Å². The lowest BCUT2D eigenvalue weighted by Gasteiger charge is -2.07. The van der Waals surface area contributed by atoms with Crippen LogP contribution in [0.25, 0.3) is 0 Å². The van der Waals surface area contributed by atoms with Gasteiger partial charge in [0.2, 0.25) is 0 Å². The smallest absolute Gasteiger partial charge is 0.294 e. The summed E-state index contributed by atoms with van der Waals surface area (Å²) in [6, 6.07) is 0. The highest BCUT2D eigenvalue weighted by atomic mass is 79.9. The van der Waals surface area contributed by atoms with Crippen LogP contribution in [0.5, 0.6) is 0 Å². The molecule has 0 saturated carbocycles. The summed E-state index contributed by atoms with van der Waals surface area (Å²) in [6.45, 7) is 0. The van der Waals surface area contributed by atoms with Gasteiger partial charge in [0.05, 0.1) is 16.3 Å². The molecule has 1 aliphatic heterocycles. The maximum atomic E-state index is 10.9. The third-order valence-corrected chi connectivity index (χ3v) is 4.50. The average molecular weight is 260 g/mol. The first-order valence-corrected chi connectivity index (χ1v) is 5.80. The van der Waals surface area contributed by atoms with E-state index in [1.165, 1.54) is 0 Å². The molecule has 12 heavy (non-hydrogen) atoms. The van der Waals surface area contributed by atoms with Gasteiger partial charge in [0, 0.05) is 0 Å². The molecule has 0 aliphatic carbocycles. The molecule has 1 saturated heterocycles. The fourth-order valence-electron chi connectivity index (χ4n) is 0.980. The molecular weight excluding hydrogens is 254 g/mol. The predicted molar refractivity (Wildman–Crippen MR) is 43.2 cm³/mol. The molecule has 0 amide bonds. The zero-order chi connectivity index (χ0) is 9.35. The Balaban J connectivity index is 2.64. The highest BCUT2D eigenvalue weighted by Gasteiger charge is 2.38. The summed E-state index contributed by atoms with van der Waals surface area (Å²) >= 11 is 3.00. The maximum absolute atomic E-state index is 10.9. The zero-order valence-electron chi connectivity index (χ0n) is 5.84. The Morgan fingerprint density at radius 2 is 2.08 bits per heavy atom. The van der Waals surface area contributed by atoms with Crippen molar-refractivity contribution in [2.75, 3.05) is 11.5 Å². The summed E-state index contributed by atoms with van der Waals surface area (Å²) in [5.41, 5.74) is 0. The lowest BCUT2D eigenvalue weighted by Crippen LogP contribution is -2.25. The van der Waals surface area contributed by atoms with Gasteiger partial charge in [-0.3, -0.25) is 0 Å². The standard InChI is InChI=1S/C4H6BrNO5S/c5-3-1-12(9,10)2-4(3)11-6(7)8/h3-4H,1-2H2. The van der Waals surface area contributed by atoms with Crippen LogP contribution in [0.1, 0.15) is 0 Å². The second-order valence-electron chi connectivity index (χ2n) is 2.46. The first-order chi connectivity index (χ1) is 5.41. The maximum Gasteiger partial charge on any atom is 0.294 e. The van der Waals surface area contributed by atoms with Crippen molar-refractivity contribution in [1.29, 1.82) is 0 Å². The van der Waals surface area contributed by atoms with Crippen molar-refractivity contribution in [3.63, 3.8) is 0 Å². The highest BCUT2D eigenvalue weighted by molar-refractivity contribution is 9.09. The summed E-state index contributed by atoms with van der Waals surface area (Å²) in [5.74, 6) is -0.393. The molecule has 0 radical (unpaired) electrons. The minimum absolute atomic E-state index is 0.106. The molecule has 70 valence electrons. The van der Waals surface area contributed by atoms with Crippen LogP contribution in [-0.4, -0.2) is 35.9 Å². The molecule has 0 spiro atoms. The topological polar surface area (TPSA) is 86.5 Å². The second-order valence-corrected chi connectivity index (χ2v) is 5.79. The Hall–Kier alpha value is -0.370. The van der Waals surface area contributed by atoms with Crippen LogP contribution in [0.4, 0.5) is 0 Å². The fourth-order valence-corrected chi connectivity index (χ4v) is 4.35. The van der Waals surface area contributed by atoms with Gasteiger partial charge in [-0.15, -0.1) is 10.1 Å². The van der Waals surface area contributed by atoms with E-state index in [-0.39, 0.29) is 11.5 Å². The minimum atomic E-state index is -3.17. The van der Waals surface area contributed by atoms with E-state index >= 15 is 0 Å². The molecule has 0 aromatic rings. The Kier molecular flexibility index (Phi) is 2.57. The van der Waals surface area contributed by atoms with Crippen molar-refractivity contribution >= 4 is 25.8 Å². The summed E-state index contributed by atoms with van der Waals surface area (Å²) in [5, 5.41) is 8.91. The van der Waals surface area contributed by atoms with Gasteiger partial charge < -0.3 is 4.84 Å². The molecule has 1 rings (SSSR count). The van der Waals surface area contributed by atoms with Crippen LogP contribution >= 0.6 is 15.9 Å². The molecule has 6 nitrogen and oxygen atoms in total. The van der Waals surface area contributed by atoms with Gasteiger partial charge in [0.25, 0.3) is 5.09 Å². The molecule has 0 aromatic carbocycles. The van der Waals surface area contributed by atoms with Gasteiger partial charge in [-0.1, -0.05) is 15.9 Å². The van der Waals surface area contributed by atoms with Gasteiger partial charge in [-0.2, -0.15) is 0 Å². The highest BCUT2D eigenvalue weighted by Crippen LogP contribution is 2.22. The molecule has 2 unspecified atom stereocenters. The molecule has 1 fully saturated rings. The monoisotopic (exact) mass is 259 g/mol. The van der Waals surface area contributed by atoms with Crippen LogP contribution in [0.2, 0.25) is 0 Å². The summed E-state index contributed by atoms with van der Waals surface area (Å²) in [4.78, 5) is 13.6. The van der Waals surface area contributed by atoms with Crippen molar-refractivity contribution in [3.05, 3.63) is 10.1 Å². The number of sulfone groups is 1. The Morgan fingerprint density at radius 3 is 2.42 bits per heavy atom. The van der Waals surface area contributed by atoms with E-state index in [1.807, 2.05) is 0 Å². The average Bonchev–Trinajstić information content (AvgIpc) is 2.03. The third kappa shape index (κ3) is 2.31. The van der Waals surface area contributed by atoms with Gasteiger partial charge in [-0.25, -0.2) is 8.42 Å². The summed E-state index contributed by atoms with van der Waals surface area (Å²) in [6.07, 6.45) is -0.870. The number of hydrogen-bond donors (Lipinski definition) is 0. The van der Waals surface area contributed by atoms with Crippen molar-refractivity contribution in [3.8, 4) is 0 Å². The lowest BCUT2D eigenvalue weighted by atomic mass is 10.3. The summed E-state index contributed by atoms with van der Waals surface area (Å²) < 4.78 is 21.8. The SMILES string of the molecule is O=[N+]([O-])OC1CS(=O)(=O)CC1Br. The minimum Gasteiger partial charge on any atom is -0.308 e. The quantitative estimate of drug-likeness (QED) is 0.388. The van der Waals surface area contributed by atoms with E-state index in [1.54, 1.807) is 0 Å². The molecule has 2 atom stereocenters. The first kappa shape index (κ1) is 9.72. The van der Waals surface area contributed by atoms with E-state index in [4.69, 9.17) is 0 Å². The molecule has 0 bridgehead atoms. The van der Waals surface area contributed by atoms with Gasteiger partial charge >= 0.3 is 0 Å². The Morgan fingerprint density at radius 1 is 1.50 bits per heavy atom. The molecule has 0 N–H and O–H groups in total. The molecule has 0 aromatic heterocycles. The normalized spacial score (nSPS) is 33.1. The second kappa shape index (κ2) is 3.17. The van der Waals surface area contributed by atoms with E-state index < -0.39 is 25.9 Å².